The average Bonchev–Trinajstić information content (AvgIpc) is 2.60. The van der Waals surface area contributed by atoms with Gasteiger partial charge in [-0.2, -0.15) is 4.99 Å². The Morgan fingerprint density at radius 3 is 2.67 bits per heavy atom. The summed E-state index contributed by atoms with van der Waals surface area (Å²) >= 11 is 0. The Morgan fingerprint density at radius 2 is 1.96 bits per heavy atom. The minimum atomic E-state index is -0.0255. The second kappa shape index (κ2) is 10.1. The van der Waals surface area contributed by atoms with Gasteiger partial charge >= 0.3 is 0 Å². The number of hydrogen-bond acceptors (Lipinski definition) is 3. The zero-order chi connectivity index (χ0) is 17.2. The Kier molecular flexibility index (Phi) is 7.75. The van der Waals surface area contributed by atoms with Crippen LogP contribution in [-0.4, -0.2) is 42.8 Å². The number of benzene rings is 1. The third-order valence-electron chi connectivity index (χ3n) is 4.29. The molecule has 5 nitrogen and oxygen atoms in total. The van der Waals surface area contributed by atoms with Gasteiger partial charge in [0, 0.05) is 43.9 Å². The first-order valence-corrected chi connectivity index (χ1v) is 9.14. The van der Waals surface area contributed by atoms with Crippen LogP contribution < -0.4 is 11.1 Å². The molecule has 0 radical (unpaired) electrons. The first-order valence-electron chi connectivity index (χ1n) is 9.14. The first kappa shape index (κ1) is 18.5. The van der Waals surface area contributed by atoms with Gasteiger partial charge in [-0.3, -0.25) is 4.79 Å². The molecule has 0 bridgehead atoms. The lowest BCUT2D eigenvalue weighted by atomic mass is 10.1. The lowest BCUT2D eigenvalue weighted by molar-refractivity contribution is -0.117. The molecule has 1 aliphatic heterocycles. The molecule has 0 aliphatic carbocycles. The van der Waals surface area contributed by atoms with Crippen LogP contribution in [0.1, 0.15) is 51.0 Å². The summed E-state index contributed by atoms with van der Waals surface area (Å²) in [7, 11) is 0. The number of piperazine rings is 1. The second-order valence-electron chi connectivity index (χ2n) is 6.36. The van der Waals surface area contributed by atoms with E-state index in [0.29, 0.717) is 12.1 Å². The molecule has 5 heteroatoms. The average molecular weight is 330 g/mol. The Labute approximate surface area is 145 Å². The number of unbranched alkanes of at least 4 members (excludes halogenated alkanes) is 4. The fourth-order valence-corrected chi connectivity index (χ4v) is 2.93. The highest BCUT2D eigenvalue weighted by Crippen LogP contribution is 2.13. The van der Waals surface area contributed by atoms with Gasteiger partial charge in [-0.15, -0.1) is 0 Å². The third kappa shape index (κ3) is 5.96. The molecular formula is C19H30N4O. The van der Waals surface area contributed by atoms with Crippen LogP contribution in [0.5, 0.6) is 0 Å². The number of hydrogen-bond donors (Lipinski definition) is 2. The Hall–Kier alpha value is -1.88. The van der Waals surface area contributed by atoms with Crippen LogP contribution in [0.25, 0.3) is 0 Å². The van der Waals surface area contributed by atoms with E-state index < -0.39 is 0 Å². The van der Waals surface area contributed by atoms with Gasteiger partial charge in [-0.05, 0) is 18.6 Å². The first-order chi connectivity index (χ1) is 11.7. The van der Waals surface area contributed by atoms with Crippen molar-refractivity contribution in [1.82, 2.24) is 10.2 Å². The zero-order valence-corrected chi connectivity index (χ0v) is 14.8. The number of carbonyl (C=O) groups excluding carboxylic acids is 1. The van der Waals surface area contributed by atoms with Crippen molar-refractivity contribution in [3.63, 3.8) is 0 Å². The lowest BCUT2D eigenvalue weighted by Gasteiger charge is -2.30. The molecule has 0 saturated carbocycles. The number of aliphatic imine (C=N–C) groups is 1. The van der Waals surface area contributed by atoms with Crippen LogP contribution in [0.15, 0.2) is 29.3 Å². The van der Waals surface area contributed by atoms with Crippen molar-refractivity contribution in [1.29, 1.82) is 0 Å². The lowest BCUT2D eigenvalue weighted by Crippen LogP contribution is -2.47. The molecule has 0 unspecified atom stereocenters. The van der Waals surface area contributed by atoms with Crippen molar-refractivity contribution in [2.24, 2.45) is 4.99 Å². The van der Waals surface area contributed by atoms with Gasteiger partial charge in [-0.25, -0.2) is 0 Å². The van der Waals surface area contributed by atoms with Gasteiger partial charge in [0.15, 0.2) is 0 Å². The van der Waals surface area contributed by atoms with E-state index in [1.807, 2.05) is 24.3 Å². The molecule has 132 valence electrons. The summed E-state index contributed by atoms with van der Waals surface area (Å²) in [5.41, 5.74) is 7.54. The van der Waals surface area contributed by atoms with E-state index in [9.17, 15) is 4.79 Å². The van der Waals surface area contributed by atoms with Gasteiger partial charge in [0.2, 0.25) is 5.91 Å². The van der Waals surface area contributed by atoms with Crippen LogP contribution in [0.2, 0.25) is 0 Å². The number of nitrogens with two attached hydrogens (primary N) is 1. The molecule has 1 aromatic rings. The van der Waals surface area contributed by atoms with Gasteiger partial charge in [0.1, 0.15) is 5.84 Å². The number of amidine groups is 1. The monoisotopic (exact) mass is 330 g/mol. The smallest absolute Gasteiger partial charge is 0.247 e. The normalized spacial score (nSPS) is 15.5. The summed E-state index contributed by atoms with van der Waals surface area (Å²) < 4.78 is 0. The van der Waals surface area contributed by atoms with E-state index in [2.05, 4.69) is 22.1 Å². The zero-order valence-electron chi connectivity index (χ0n) is 14.8. The minimum absolute atomic E-state index is 0.0255. The van der Waals surface area contributed by atoms with E-state index in [1.54, 1.807) is 0 Å². The molecule has 1 heterocycles. The standard InChI is InChI=1S/C19H30N4O/c1-2-3-4-5-6-10-18(24)22-19(23-13-11-21-12-14-23)16-8-7-9-17(20)15-16/h7-9,15,21H,2-6,10-14,20H2,1H3/b22-19-. The molecule has 2 rings (SSSR count). The topological polar surface area (TPSA) is 70.7 Å². The summed E-state index contributed by atoms with van der Waals surface area (Å²) in [5, 5.41) is 3.33. The van der Waals surface area contributed by atoms with Crippen LogP contribution in [0.4, 0.5) is 5.69 Å². The van der Waals surface area contributed by atoms with Crippen molar-refractivity contribution in [2.75, 3.05) is 31.9 Å². The van der Waals surface area contributed by atoms with E-state index in [0.717, 1.165) is 50.4 Å². The summed E-state index contributed by atoms with van der Waals surface area (Å²) in [5.74, 6) is 0.741. The highest BCUT2D eigenvalue weighted by Gasteiger charge is 2.18. The molecular weight excluding hydrogens is 300 g/mol. The van der Waals surface area contributed by atoms with Gasteiger partial charge < -0.3 is 16.0 Å². The van der Waals surface area contributed by atoms with E-state index >= 15 is 0 Å². The van der Waals surface area contributed by atoms with E-state index in [4.69, 9.17) is 5.73 Å². The van der Waals surface area contributed by atoms with Crippen LogP contribution in [0.3, 0.4) is 0 Å². The molecule has 1 fully saturated rings. The Morgan fingerprint density at radius 1 is 1.21 bits per heavy atom. The summed E-state index contributed by atoms with van der Waals surface area (Å²) in [4.78, 5) is 19.0. The number of amides is 1. The second-order valence-corrected chi connectivity index (χ2v) is 6.36. The van der Waals surface area contributed by atoms with Crippen molar-refractivity contribution in [3.8, 4) is 0 Å². The van der Waals surface area contributed by atoms with E-state index in [-0.39, 0.29) is 5.91 Å². The number of carbonyl (C=O) groups is 1. The number of nitrogens with one attached hydrogen (secondary N) is 1. The highest BCUT2D eigenvalue weighted by molar-refractivity contribution is 6.05. The Bertz CT molecular complexity index is 550. The fourth-order valence-electron chi connectivity index (χ4n) is 2.93. The third-order valence-corrected chi connectivity index (χ3v) is 4.29. The molecule has 1 aromatic carbocycles. The van der Waals surface area contributed by atoms with E-state index in [1.165, 1.54) is 19.3 Å². The predicted molar refractivity (Wildman–Crippen MR) is 100 cm³/mol. The quantitative estimate of drug-likeness (QED) is 0.349. The van der Waals surface area contributed by atoms with Crippen LogP contribution in [-0.2, 0) is 4.79 Å². The summed E-state index contributed by atoms with van der Waals surface area (Å²) in [6.07, 6.45) is 6.22. The Balaban J connectivity index is 2.05. The molecule has 3 N–H and O–H groups in total. The SMILES string of the molecule is CCCCCCCC(=O)/N=C(/c1cccc(N)c1)N1CCNCC1. The molecule has 24 heavy (non-hydrogen) atoms. The van der Waals surface area contributed by atoms with Gasteiger partial charge in [0.05, 0.1) is 0 Å². The minimum Gasteiger partial charge on any atom is -0.399 e. The maximum Gasteiger partial charge on any atom is 0.247 e. The maximum atomic E-state index is 12.3. The highest BCUT2D eigenvalue weighted by atomic mass is 16.1. The fraction of sp³-hybridized carbons (Fsp3) is 0.579. The van der Waals surface area contributed by atoms with Crippen molar-refractivity contribution in [2.45, 2.75) is 45.4 Å². The molecule has 0 aromatic heterocycles. The predicted octanol–water partition coefficient (Wildman–Crippen LogP) is 2.81. The number of nitrogen functional groups attached to an aromatic ring is 1. The van der Waals surface area contributed by atoms with Gasteiger partial charge in [-0.1, -0.05) is 44.7 Å². The summed E-state index contributed by atoms with van der Waals surface area (Å²) in [6, 6.07) is 7.65. The maximum absolute atomic E-state index is 12.3. The molecule has 0 spiro atoms. The van der Waals surface area contributed by atoms with Crippen LogP contribution in [0, 0.1) is 0 Å². The molecule has 1 aliphatic rings. The molecule has 0 atom stereocenters. The molecule has 1 amide bonds. The van der Waals surface area contributed by atoms with Crippen molar-refractivity contribution >= 4 is 17.4 Å². The van der Waals surface area contributed by atoms with Crippen molar-refractivity contribution < 1.29 is 4.79 Å². The van der Waals surface area contributed by atoms with Crippen molar-refractivity contribution in [3.05, 3.63) is 29.8 Å². The number of rotatable bonds is 7. The van der Waals surface area contributed by atoms with Gasteiger partial charge in [0.25, 0.3) is 0 Å². The van der Waals surface area contributed by atoms with Crippen LogP contribution >= 0.6 is 0 Å². The summed E-state index contributed by atoms with van der Waals surface area (Å²) in [6.45, 7) is 5.73. The molecule has 1 saturated heterocycles. The largest absolute Gasteiger partial charge is 0.399 e. The number of anilines is 1. The number of nitrogens with zero attached hydrogens (tertiary/aromatic N) is 2.